The van der Waals surface area contributed by atoms with E-state index in [0.717, 1.165) is 5.69 Å². The Morgan fingerprint density at radius 2 is 1.41 bits per heavy atom. The van der Waals surface area contributed by atoms with E-state index in [1.54, 1.807) is 17.0 Å². The molecule has 0 radical (unpaired) electrons. The number of benzene rings is 2. The third-order valence-electron chi connectivity index (χ3n) is 4.69. The Kier molecular flexibility index (Phi) is 6.43. The largest absolute Gasteiger partial charge is 0.465 e. The average molecular weight is 400 g/mol. The number of rotatable bonds is 5. The Morgan fingerprint density at radius 3 is 1.97 bits per heavy atom. The molecule has 2 aromatic rings. The highest BCUT2D eigenvalue weighted by Gasteiger charge is 2.22. The quantitative estimate of drug-likeness (QED) is 0.716. The molecule has 0 aromatic heterocycles. The van der Waals surface area contributed by atoms with Crippen LogP contribution in [0.4, 0.5) is 10.1 Å². The standard InChI is InChI=1S/C21H21FN2O5/c1-28-20(26)15-2-4-16(5-3-15)21(27)29-14-19(25)24-12-10-23(11-13-24)18-8-6-17(22)7-9-18/h2-9H,10-14H2,1H3. The first-order valence-corrected chi connectivity index (χ1v) is 9.11. The summed E-state index contributed by atoms with van der Waals surface area (Å²) in [5.74, 6) is -1.70. The molecule has 29 heavy (non-hydrogen) atoms. The van der Waals surface area contributed by atoms with Crippen LogP contribution < -0.4 is 4.90 Å². The summed E-state index contributed by atoms with van der Waals surface area (Å²) in [5, 5.41) is 0. The summed E-state index contributed by atoms with van der Waals surface area (Å²) in [6.45, 7) is 1.85. The number of hydrogen-bond acceptors (Lipinski definition) is 6. The lowest BCUT2D eigenvalue weighted by atomic mass is 10.1. The highest BCUT2D eigenvalue weighted by molar-refractivity contribution is 5.94. The van der Waals surface area contributed by atoms with Gasteiger partial charge in [0.2, 0.25) is 0 Å². The maximum absolute atomic E-state index is 13.0. The third-order valence-corrected chi connectivity index (χ3v) is 4.69. The number of hydrogen-bond donors (Lipinski definition) is 0. The minimum absolute atomic E-state index is 0.242. The first-order chi connectivity index (χ1) is 14.0. The Balaban J connectivity index is 1.46. The van der Waals surface area contributed by atoms with E-state index in [4.69, 9.17) is 4.74 Å². The molecule has 0 atom stereocenters. The van der Waals surface area contributed by atoms with Crippen molar-refractivity contribution in [2.75, 3.05) is 44.8 Å². The maximum Gasteiger partial charge on any atom is 0.338 e. The van der Waals surface area contributed by atoms with E-state index in [9.17, 15) is 18.8 Å². The molecule has 1 heterocycles. The Labute approximate surface area is 167 Å². The summed E-state index contributed by atoms with van der Waals surface area (Å²) >= 11 is 0. The SMILES string of the molecule is COC(=O)c1ccc(C(=O)OCC(=O)N2CCN(c3ccc(F)cc3)CC2)cc1. The van der Waals surface area contributed by atoms with E-state index in [0.29, 0.717) is 31.7 Å². The average Bonchev–Trinajstić information content (AvgIpc) is 2.77. The molecule has 1 aliphatic heterocycles. The van der Waals surface area contributed by atoms with Gasteiger partial charge in [-0.3, -0.25) is 4.79 Å². The minimum atomic E-state index is -0.639. The zero-order valence-corrected chi connectivity index (χ0v) is 16.0. The van der Waals surface area contributed by atoms with Crippen LogP contribution in [-0.2, 0) is 14.3 Å². The predicted molar refractivity (Wildman–Crippen MR) is 103 cm³/mol. The van der Waals surface area contributed by atoms with Crippen LogP contribution in [0.5, 0.6) is 0 Å². The first kappa shape index (κ1) is 20.3. The van der Waals surface area contributed by atoms with Crippen LogP contribution in [-0.4, -0.2) is 62.6 Å². The van der Waals surface area contributed by atoms with E-state index in [2.05, 4.69) is 9.64 Å². The van der Waals surface area contributed by atoms with Crippen LogP contribution in [0.25, 0.3) is 0 Å². The Bertz CT molecular complexity index is 875. The van der Waals surface area contributed by atoms with Crippen molar-refractivity contribution >= 4 is 23.5 Å². The molecule has 7 nitrogen and oxygen atoms in total. The number of ether oxygens (including phenoxy) is 2. The van der Waals surface area contributed by atoms with Gasteiger partial charge in [-0.05, 0) is 48.5 Å². The molecule has 2 aromatic carbocycles. The first-order valence-electron chi connectivity index (χ1n) is 9.11. The van der Waals surface area contributed by atoms with Crippen molar-refractivity contribution in [3.63, 3.8) is 0 Å². The lowest BCUT2D eigenvalue weighted by Crippen LogP contribution is -2.49. The van der Waals surface area contributed by atoms with Crippen molar-refractivity contribution in [2.45, 2.75) is 0 Å². The molecule has 0 bridgehead atoms. The van der Waals surface area contributed by atoms with Crippen LogP contribution >= 0.6 is 0 Å². The van der Waals surface area contributed by atoms with Crippen molar-refractivity contribution in [1.29, 1.82) is 0 Å². The van der Waals surface area contributed by atoms with Crippen molar-refractivity contribution in [1.82, 2.24) is 4.90 Å². The van der Waals surface area contributed by atoms with Crippen LogP contribution in [0.15, 0.2) is 48.5 Å². The molecule has 1 fully saturated rings. The zero-order valence-electron chi connectivity index (χ0n) is 16.0. The molecular weight excluding hydrogens is 379 g/mol. The van der Waals surface area contributed by atoms with Gasteiger partial charge in [-0.2, -0.15) is 0 Å². The van der Waals surface area contributed by atoms with Crippen molar-refractivity contribution in [3.8, 4) is 0 Å². The molecule has 3 rings (SSSR count). The lowest BCUT2D eigenvalue weighted by molar-refractivity contribution is -0.134. The fraction of sp³-hybridized carbons (Fsp3) is 0.286. The topological polar surface area (TPSA) is 76.2 Å². The second kappa shape index (κ2) is 9.18. The molecule has 8 heteroatoms. The van der Waals surface area contributed by atoms with Crippen molar-refractivity contribution in [3.05, 3.63) is 65.5 Å². The predicted octanol–water partition coefficient (Wildman–Crippen LogP) is 2.12. The number of methoxy groups -OCH3 is 1. The number of carbonyl (C=O) groups is 3. The molecule has 1 aliphatic rings. The third kappa shape index (κ3) is 5.10. The summed E-state index contributed by atoms with van der Waals surface area (Å²) in [6.07, 6.45) is 0. The van der Waals surface area contributed by atoms with Gasteiger partial charge < -0.3 is 19.3 Å². The number of amides is 1. The fourth-order valence-electron chi connectivity index (χ4n) is 3.03. The monoisotopic (exact) mass is 400 g/mol. The van der Waals surface area contributed by atoms with Crippen LogP contribution in [0.2, 0.25) is 0 Å². The fourth-order valence-corrected chi connectivity index (χ4v) is 3.03. The Hall–Kier alpha value is -3.42. The van der Waals surface area contributed by atoms with Gasteiger partial charge in [0.05, 0.1) is 18.2 Å². The van der Waals surface area contributed by atoms with Crippen molar-refractivity contribution < 1.29 is 28.2 Å². The molecule has 0 saturated carbocycles. The molecule has 1 saturated heterocycles. The van der Waals surface area contributed by atoms with Gasteiger partial charge in [-0.15, -0.1) is 0 Å². The lowest BCUT2D eigenvalue weighted by Gasteiger charge is -2.36. The highest BCUT2D eigenvalue weighted by atomic mass is 19.1. The number of piperazine rings is 1. The normalized spacial score (nSPS) is 13.7. The van der Waals surface area contributed by atoms with Crippen molar-refractivity contribution in [2.24, 2.45) is 0 Å². The number of anilines is 1. The number of nitrogens with zero attached hydrogens (tertiary/aromatic N) is 2. The number of halogens is 1. The molecule has 1 amide bonds. The molecule has 0 N–H and O–H groups in total. The van der Waals surface area contributed by atoms with Gasteiger partial charge in [0, 0.05) is 31.9 Å². The molecule has 152 valence electrons. The van der Waals surface area contributed by atoms with Gasteiger partial charge in [0.25, 0.3) is 5.91 Å². The van der Waals surface area contributed by atoms with E-state index in [1.165, 1.54) is 43.5 Å². The van der Waals surface area contributed by atoms with Gasteiger partial charge in [0.1, 0.15) is 5.82 Å². The molecule has 0 spiro atoms. The van der Waals surface area contributed by atoms with Crippen LogP contribution in [0, 0.1) is 5.82 Å². The molecule has 0 unspecified atom stereocenters. The molecular formula is C21H21FN2O5. The van der Waals surface area contributed by atoms with Gasteiger partial charge in [0.15, 0.2) is 6.61 Å². The zero-order chi connectivity index (χ0) is 20.8. The minimum Gasteiger partial charge on any atom is -0.465 e. The summed E-state index contributed by atoms with van der Waals surface area (Å²) in [4.78, 5) is 39.5. The number of carbonyl (C=O) groups excluding carboxylic acids is 3. The second-order valence-electron chi connectivity index (χ2n) is 6.49. The molecule has 0 aliphatic carbocycles. The van der Waals surface area contributed by atoms with E-state index < -0.39 is 11.9 Å². The second-order valence-corrected chi connectivity index (χ2v) is 6.49. The summed E-state index contributed by atoms with van der Waals surface area (Å²) in [5.41, 5.74) is 1.46. The summed E-state index contributed by atoms with van der Waals surface area (Å²) < 4.78 is 22.7. The van der Waals surface area contributed by atoms with E-state index in [1.807, 2.05) is 0 Å². The van der Waals surface area contributed by atoms with Gasteiger partial charge >= 0.3 is 11.9 Å². The number of esters is 2. The van der Waals surface area contributed by atoms with Crippen LogP contribution in [0.1, 0.15) is 20.7 Å². The maximum atomic E-state index is 13.0. The smallest absolute Gasteiger partial charge is 0.338 e. The van der Waals surface area contributed by atoms with E-state index >= 15 is 0 Å². The Morgan fingerprint density at radius 1 is 0.862 bits per heavy atom. The van der Waals surface area contributed by atoms with Gasteiger partial charge in [-0.25, -0.2) is 14.0 Å². The van der Waals surface area contributed by atoms with E-state index in [-0.39, 0.29) is 23.9 Å². The van der Waals surface area contributed by atoms with Crippen LogP contribution in [0.3, 0.4) is 0 Å². The summed E-state index contributed by atoms with van der Waals surface area (Å²) in [7, 11) is 1.27. The summed E-state index contributed by atoms with van der Waals surface area (Å²) in [6, 6.07) is 12.0. The highest BCUT2D eigenvalue weighted by Crippen LogP contribution is 2.17. The van der Waals surface area contributed by atoms with Gasteiger partial charge in [-0.1, -0.05) is 0 Å².